The van der Waals surface area contributed by atoms with E-state index in [0.717, 1.165) is 61.8 Å². The fourth-order valence-electron chi connectivity index (χ4n) is 5.93. The van der Waals surface area contributed by atoms with Crippen LogP contribution < -0.4 is 14.2 Å². The maximum absolute atomic E-state index is 12.9. The monoisotopic (exact) mass is 711 g/mol. The van der Waals surface area contributed by atoms with Crippen molar-refractivity contribution in [3.8, 4) is 28.4 Å². The van der Waals surface area contributed by atoms with Gasteiger partial charge in [0.05, 0.1) is 29.3 Å². The predicted molar refractivity (Wildman–Crippen MR) is 214 cm³/mol. The highest BCUT2D eigenvalue weighted by Gasteiger charge is 2.20. The highest BCUT2D eigenvalue weighted by Crippen LogP contribution is 2.33. The third kappa shape index (κ3) is 16.8. The third-order valence-corrected chi connectivity index (χ3v) is 9.05. The third-order valence-electron chi connectivity index (χ3n) is 9.05. The van der Waals surface area contributed by atoms with E-state index in [1.807, 2.05) is 43.3 Å². The molecule has 0 spiro atoms. The second-order valence-electron chi connectivity index (χ2n) is 13.6. The number of ether oxygens (including phenoxy) is 3. The molecule has 0 saturated heterocycles. The minimum absolute atomic E-state index is 0.0924. The summed E-state index contributed by atoms with van der Waals surface area (Å²) in [6, 6.07) is 19.3. The van der Waals surface area contributed by atoms with Crippen LogP contribution in [0.1, 0.15) is 140 Å². The fourth-order valence-corrected chi connectivity index (χ4v) is 5.93. The number of esters is 1. The zero-order chi connectivity index (χ0) is 37.2. The Labute approximate surface area is 312 Å². The average molecular weight is 712 g/mol. The number of nitro benzene ring substituents is 1. The van der Waals surface area contributed by atoms with Gasteiger partial charge in [-0.25, -0.2) is 4.79 Å². The number of carbonyl (C=O) groups excluding carboxylic acids is 1. The molecule has 1 atom stereocenters. The molecular weight excluding hydrogens is 650 g/mol. The van der Waals surface area contributed by atoms with E-state index >= 15 is 0 Å². The van der Waals surface area contributed by atoms with Gasteiger partial charge in [-0.15, -0.1) is 0 Å². The summed E-state index contributed by atoms with van der Waals surface area (Å²) >= 11 is 0. The molecule has 3 aromatic carbocycles. The van der Waals surface area contributed by atoms with Crippen molar-refractivity contribution in [1.29, 1.82) is 0 Å². The van der Waals surface area contributed by atoms with Gasteiger partial charge < -0.3 is 14.2 Å². The molecule has 7 heteroatoms. The molecule has 282 valence electrons. The quantitative estimate of drug-likeness (QED) is 0.0195. The summed E-state index contributed by atoms with van der Waals surface area (Å²) in [6.45, 7) is 7.02. The lowest BCUT2D eigenvalue weighted by Crippen LogP contribution is -2.13. The van der Waals surface area contributed by atoms with Crippen molar-refractivity contribution < 1.29 is 23.9 Å². The minimum atomic E-state index is -0.591. The minimum Gasteiger partial charge on any atom is -0.494 e. The van der Waals surface area contributed by atoms with Gasteiger partial charge in [0.15, 0.2) is 5.75 Å². The molecule has 3 rings (SSSR count). The molecule has 0 unspecified atom stereocenters. The first-order valence-corrected chi connectivity index (χ1v) is 19.7. The first kappa shape index (κ1) is 42.0. The van der Waals surface area contributed by atoms with Crippen LogP contribution in [-0.4, -0.2) is 23.6 Å². The highest BCUT2D eigenvalue weighted by molar-refractivity contribution is 5.91. The van der Waals surface area contributed by atoms with E-state index in [9.17, 15) is 14.9 Å². The molecule has 52 heavy (non-hydrogen) atoms. The zero-order valence-electron chi connectivity index (χ0n) is 31.9. The van der Waals surface area contributed by atoms with Crippen molar-refractivity contribution in [2.24, 2.45) is 0 Å². The number of hydrogen-bond donors (Lipinski definition) is 0. The average Bonchev–Trinajstić information content (AvgIpc) is 3.15. The van der Waals surface area contributed by atoms with E-state index < -0.39 is 10.9 Å². The normalized spacial score (nSPS) is 12.0. The number of unbranched alkanes of at least 4 members (excludes halogenated alkanes) is 12. The van der Waals surface area contributed by atoms with Gasteiger partial charge in [-0.1, -0.05) is 120 Å². The fraction of sp³-hybridized carbons (Fsp3) is 0.489. The van der Waals surface area contributed by atoms with Crippen molar-refractivity contribution in [3.63, 3.8) is 0 Å². The Morgan fingerprint density at radius 1 is 0.692 bits per heavy atom. The number of carbonyl (C=O) groups is 1. The molecule has 0 aromatic heterocycles. The van der Waals surface area contributed by atoms with Crippen molar-refractivity contribution in [2.75, 3.05) is 6.61 Å². The van der Waals surface area contributed by atoms with Gasteiger partial charge >= 0.3 is 11.7 Å². The molecule has 0 heterocycles. The Balaban J connectivity index is 1.34. The molecule has 0 aliphatic carbocycles. The molecule has 0 aliphatic rings. The lowest BCUT2D eigenvalue weighted by atomic mass is 10.0. The van der Waals surface area contributed by atoms with Crippen LogP contribution in [0.2, 0.25) is 0 Å². The van der Waals surface area contributed by atoms with E-state index in [4.69, 9.17) is 14.2 Å². The summed E-state index contributed by atoms with van der Waals surface area (Å²) in [5.74, 6) is 0.519. The van der Waals surface area contributed by atoms with Crippen LogP contribution in [0.25, 0.3) is 11.1 Å². The summed E-state index contributed by atoms with van der Waals surface area (Å²) in [6.07, 6.45) is 29.0. The Morgan fingerprint density at radius 3 is 1.90 bits per heavy atom. The van der Waals surface area contributed by atoms with Crippen molar-refractivity contribution >= 4 is 11.7 Å². The molecule has 0 amide bonds. The van der Waals surface area contributed by atoms with E-state index in [-0.39, 0.29) is 23.3 Å². The molecule has 0 N–H and O–H groups in total. The number of rotatable bonds is 27. The molecule has 0 fully saturated rings. The number of nitro groups is 1. The number of allylic oxidation sites excluding steroid dienone is 4. The maximum Gasteiger partial charge on any atom is 0.343 e. The van der Waals surface area contributed by atoms with Crippen LogP contribution in [0.15, 0.2) is 91.0 Å². The molecule has 0 bridgehead atoms. The van der Waals surface area contributed by atoms with Crippen molar-refractivity contribution in [1.82, 2.24) is 0 Å². The van der Waals surface area contributed by atoms with Crippen LogP contribution in [0.4, 0.5) is 5.69 Å². The Hall–Kier alpha value is -4.39. The van der Waals surface area contributed by atoms with Crippen LogP contribution >= 0.6 is 0 Å². The zero-order valence-corrected chi connectivity index (χ0v) is 31.9. The van der Waals surface area contributed by atoms with Gasteiger partial charge in [0.1, 0.15) is 11.5 Å². The van der Waals surface area contributed by atoms with Gasteiger partial charge in [-0.3, -0.25) is 10.1 Å². The molecule has 0 saturated carbocycles. The van der Waals surface area contributed by atoms with Crippen molar-refractivity contribution in [2.45, 2.75) is 136 Å². The Morgan fingerprint density at radius 2 is 1.25 bits per heavy atom. The van der Waals surface area contributed by atoms with Crippen molar-refractivity contribution in [3.05, 3.63) is 107 Å². The maximum atomic E-state index is 12.9. The van der Waals surface area contributed by atoms with Gasteiger partial charge in [-0.05, 0) is 106 Å². The van der Waals surface area contributed by atoms with Crippen LogP contribution in [-0.2, 0) is 0 Å². The van der Waals surface area contributed by atoms with Crippen LogP contribution in [0.3, 0.4) is 0 Å². The topological polar surface area (TPSA) is 87.9 Å². The Kier molecular flexibility index (Phi) is 20.6. The lowest BCUT2D eigenvalue weighted by Gasteiger charge is -2.15. The highest BCUT2D eigenvalue weighted by atomic mass is 16.6. The SMILES string of the molecule is CCCCCC=CCC=CCCCCCCCCOc1ccc(-c2ccc(C(=O)Oc3ccc(O[C@@H](C)CCCCCC)c([N+](=O)[O-])c3)cc2)cc1. The summed E-state index contributed by atoms with van der Waals surface area (Å²) in [5.41, 5.74) is 2.08. The van der Waals surface area contributed by atoms with Crippen LogP contribution in [0.5, 0.6) is 17.2 Å². The first-order valence-electron chi connectivity index (χ1n) is 19.7. The largest absolute Gasteiger partial charge is 0.494 e. The predicted octanol–water partition coefficient (Wildman–Crippen LogP) is 13.4. The number of benzene rings is 3. The molecule has 0 aliphatic heterocycles. The van der Waals surface area contributed by atoms with E-state index in [2.05, 4.69) is 38.2 Å². The lowest BCUT2D eigenvalue weighted by molar-refractivity contribution is -0.386. The standard InChI is InChI=1S/C45H61NO6/c1-4-6-8-10-11-12-13-14-15-16-17-18-19-20-21-23-35-50-41-31-29-39(30-32-41)38-25-27-40(28-26-38)45(47)52-42-33-34-44(43(36-42)46(48)49)51-37(3)24-22-9-7-5-2/h11-12,14-15,25-34,36-37H,4-10,13,16-24,35H2,1-3H3/t37-/m0/s1. The molecular formula is C45H61NO6. The van der Waals surface area contributed by atoms with E-state index in [0.29, 0.717) is 12.2 Å². The number of nitrogens with zero attached hydrogens (tertiary/aromatic N) is 1. The summed E-state index contributed by atoms with van der Waals surface area (Å²) in [4.78, 5) is 24.1. The molecule has 0 radical (unpaired) electrons. The van der Waals surface area contributed by atoms with Crippen LogP contribution in [0, 0.1) is 10.1 Å². The summed E-state index contributed by atoms with van der Waals surface area (Å²) in [5, 5.41) is 11.8. The molecule has 7 nitrogen and oxygen atoms in total. The summed E-state index contributed by atoms with van der Waals surface area (Å²) in [7, 11) is 0. The Bertz CT molecular complexity index is 1500. The second-order valence-corrected chi connectivity index (χ2v) is 13.6. The van der Waals surface area contributed by atoms with Gasteiger partial charge in [-0.2, -0.15) is 0 Å². The number of hydrogen-bond acceptors (Lipinski definition) is 6. The smallest absolute Gasteiger partial charge is 0.343 e. The van der Waals surface area contributed by atoms with Gasteiger partial charge in [0.2, 0.25) is 0 Å². The molecule has 3 aromatic rings. The first-order chi connectivity index (χ1) is 25.4. The van der Waals surface area contributed by atoms with E-state index in [1.54, 1.807) is 12.1 Å². The second kappa shape index (κ2) is 25.5. The summed E-state index contributed by atoms with van der Waals surface area (Å²) < 4.78 is 17.3. The van der Waals surface area contributed by atoms with Gasteiger partial charge in [0, 0.05) is 0 Å². The van der Waals surface area contributed by atoms with E-state index in [1.165, 1.54) is 82.4 Å². The van der Waals surface area contributed by atoms with Gasteiger partial charge in [0.25, 0.3) is 0 Å².